The summed E-state index contributed by atoms with van der Waals surface area (Å²) in [5.74, 6) is -3.86. The van der Waals surface area contributed by atoms with Crippen molar-refractivity contribution in [3.05, 3.63) is 64.2 Å². The van der Waals surface area contributed by atoms with Crippen LogP contribution in [0.4, 0.5) is 26.3 Å². The molecule has 1 aromatic carbocycles. The lowest BCUT2D eigenvalue weighted by Crippen LogP contribution is -2.43. The molecule has 31 heavy (non-hydrogen) atoms. The Bertz CT molecular complexity index is 1010. The van der Waals surface area contributed by atoms with E-state index in [0.717, 1.165) is 30.5 Å². The highest BCUT2D eigenvalue weighted by molar-refractivity contribution is 6.30. The molecule has 0 bridgehead atoms. The van der Waals surface area contributed by atoms with Crippen molar-refractivity contribution >= 4 is 17.6 Å². The van der Waals surface area contributed by atoms with Crippen LogP contribution >= 0.6 is 11.6 Å². The van der Waals surface area contributed by atoms with Crippen LogP contribution in [0, 0.1) is 11.7 Å². The summed E-state index contributed by atoms with van der Waals surface area (Å²) < 4.78 is 89.4. The molecule has 4 atom stereocenters. The number of hydrogen-bond acceptors (Lipinski definition) is 4. The van der Waals surface area contributed by atoms with E-state index in [4.69, 9.17) is 22.1 Å². The molecule has 1 fully saturated rings. The molecule has 0 amide bonds. The van der Waals surface area contributed by atoms with Crippen molar-refractivity contribution in [2.24, 2.45) is 16.6 Å². The third-order valence-electron chi connectivity index (χ3n) is 5.60. The second-order valence-corrected chi connectivity index (χ2v) is 8.02. The molecule has 0 radical (unpaired) electrons. The van der Waals surface area contributed by atoms with Gasteiger partial charge in [-0.05, 0) is 36.6 Å². The molecule has 4 nitrogen and oxygen atoms in total. The monoisotopic (exact) mass is 463 g/mol. The van der Waals surface area contributed by atoms with Crippen molar-refractivity contribution in [1.29, 1.82) is 0 Å². The van der Waals surface area contributed by atoms with Crippen molar-refractivity contribution in [2.75, 3.05) is 0 Å². The first kappa shape index (κ1) is 21.7. The van der Waals surface area contributed by atoms with Gasteiger partial charge in [0.15, 0.2) is 5.54 Å². The van der Waals surface area contributed by atoms with Crippen molar-refractivity contribution in [3.63, 3.8) is 0 Å². The minimum absolute atomic E-state index is 0.00737. The predicted molar refractivity (Wildman–Crippen MR) is 100 cm³/mol. The number of aromatic nitrogens is 1. The second-order valence-electron chi connectivity index (χ2n) is 7.59. The Morgan fingerprint density at radius 3 is 2.58 bits per heavy atom. The lowest BCUT2D eigenvalue weighted by molar-refractivity contribution is -0.151. The summed E-state index contributed by atoms with van der Waals surface area (Å²) in [6.07, 6.45) is -7.79. The van der Waals surface area contributed by atoms with E-state index in [1.165, 1.54) is 6.07 Å². The first-order valence-electron chi connectivity index (χ1n) is 9.29. The highest BCUT2D eigenvalue weighted by Gasteiger charge is 2.64. The molecule has 0 spiro atoms. The van der Waals surface area contributed by atoms with E-state index in [0.29, 0.717) is 0 Å². The van der Waals surface area contributed by atoms with Gasteiger partial charge in [-0.2, -0.15) is 13.2 Å². The SMILES string of the molecule is NC1=N[C@@](c2cc(C[C@H](c3ccc(Cl)cn3)C(F)(F)F)ccc2F)(C(F)F)[C@H]2C[C@H]2O1. The highest BCUT2D eigenvalue weighted by Crippen LogP contribution is 2.56. The molecule has 1 aliphatic heterocycles. The molecule has 2 aromatic rings. The van der Waals surface area contributed by atoms with Crippen molar-refractivity contribution in [2.45, 2.75) is 43.0 Å². The minimum Gasteiger partial charge on any atom is -0.462 e. The van der Waals surface area contributed by atoms with Crippen LogP contribution in [-0.2, 0) is 16.7 Å². The number of ether oxygens (including phenoxy) is 1. The molecular formula is C20H16ClF6N3O. The highest BCUT2D eigenvalue weighted by atomic mass is 35.5. The number of pyridine rings is 1. The van der Waals surface area contributed by atoms with Gasteiger partial charge in [0, 0.05) is 17.7 Å². The maximum Gasteiger partial charge on any atom is 0.397 e. The number of rotatable bonds is 5. The van der Waals surface area contributed by atoms with Gasteiger partial charge in [0.25, 0.3) is 12.4 Å². The lowest BCUT2D eigenvalue weighted by atomic mass is 9.82. The molecule has 11 heteroatoms. The number of alkyl halides is 5. The molecule has 4 rings (SSSR count). The Balaban J connectivity index is 1.75. The van der Waals surface area contributed by atoms with Crippen LogP contribution in [0.15, 0.2) is 41.5 Å². The quantitative estimate of drug-likeness (QED) is 0.638. The second kappa shape index (κ2) is 7.58. The predicted octanol–water partition coefficient (Wildman–Crippen LogP) is 4.96. The summed E-state index contributed by atoms with van der Waals surface area (Å²) in [7, 11) is 0. The maximum absolute atomic E-state index is 14.7. The molecule has 2 N–H and O–H groups in total. The molecule has 166 valence electrons. The first-order valence-corrected chi connectivity index (χ1v) is 9.67. The van der Waals surface area contributed by atoms with Gasteiger partial charge in [0.05, 0.1) is 10.7 Å². The van der Waals surface area contributed by atoms with Gasteiger partial charge in [0.1, 0.15) is 17.8 Å². The Hall–Kier alpha value is -2.49. The van der Waals surface area contributed by atoms with Crippen LogP contribution in [0.5, 0.6) is 0 Å². The molecule has 1 aliphatic carbocycles. The van der Waals surface area contributed by atoms with Crippen LogP contribution in [-0.4, -0.2) is 29.7 Å². The topological polar surface area (TPSA) is 60.5 Å². The number of halogens is 7. The molecule has 2 heterocycles. The van der Waals surface area contributed by atoms with Crippen LogP contribution in [0.3, 0.4) is 0 Å². The van der Waals surface area contributed by atoms with E-state index in [2.05, 4.69) is 9.98 Å². The number of benzene rings is 1. The number of fused-ring (bicyclic) bond motifs is 1. The number of nitrogens with two attached hydrogens (primary N) is 1. The molecule has 0 saturated heterocycles. The van der Waals surface area contributed by atoms with E-state index in [1.807, 2.05) is 0 Å². The van der Waals surface area contributed by atoms with Crippen LogP contribution < -0.4 is 5.73 Å². The third kappa shape index (κ3) is 3.93. The average Bonchev–Trinajstić information content (AvgIpc) is 3.46. The summed E-state index contributed by atoms with van der Waals surface area (Å²) in [5, 5.41) is 0.168. The van der Waals surface area contributed by atoms with Gasteiger partial charge >= 0.3 is 6.18 Å². The van der Waals surface area contributed by atoms with Gasteiger partial charge in [-0.1, -0.05) is 23.7 Å². The average molecular weight is 464 g/mol. The molecule has 1 aromatic heterocycles. The van der Waals surface area contributed by atoms with Gasteiger partial charge in [-0.15, -0.1) is 0 Å². The zero-order chi connectivity index (χ0) is 22.6. The first-order chi connectivity index (χ1) is 14.5. The van der Waals surface area contributed by atoms with Gasteiger partial charge in [0.2, 0.25) is 0 Å². The lowest BCUT2D eigenvalue weighted by Gasteiger charge is -2.33. The Kier molecular flexibility index (Phi) is 5.31. The van der Waals surface area contributed by atoms with E-state index < -0.39 is 59.9 Å². The normalized spacial score (nSPS) is 26.1. The zero-order valence-electron chi connectivity index (χ0n) is 15.7. The zero-order valence-corrected chi connectivity index (χ0v) is 16.5. The Morgan fingerprint density at radius 2 is 1.97 bits per heavy atom. The van der Waals surface area contributed by atoms with E-state index in [9.17, 15) is 26.3 Å². The summed E-state index contributed by atoms with van der Waals surface area (Å²) in [4.78, 5) is 7.48. The molecule has 0 unspecified atom stereocenters. The van der Waals surface area contributed by atoms with E-state index >= 15 is 0 Å². The summed E-state index contributed by atoms with van der Waals surface area (Å²) in [5.41, 5.74) is 2.44. The van der Waals surface area contributed by atoms with Gasteiger partial charge in [-0.3, -0.25) is 4.98 Å². The van der Waals surface area contributed by atoms with Crippen LogP contribution in [0.25, 0.3) is 0 Å². The summed E-state index contributed by atoms with van der Waals surface area (Å²) in [6, 6.07) is 4.93. The van der Waals surface area contributed by atoms with Crippen LogP contribution in [0.2, 0.25) is 5.02 Å². The standard InChI is InChI=1S/C20H16ClF6N3O/c21-10-2-4-15(29-8-10)12(20(25,26)27)6-9-1-3-14(22)11(5-9)19(17(23)24)13-7-16(13)31-18(28)30-19/h1-5,8,12-13,16-17H,6-7H2,(H2,28,30)/t12-,13+,16-,19-/m1/s1. The largest absolute Gasteiger partial charge is 0.462 e. The Morgan fingerprint density at radius 1 is 1.23 bits per heavy atom. The van der Waals surface area contributed by atoms with Crippen molar-refractivity contribution < 1.29 is 31.1 Å². The smallest absolute Gasteiger partial charge is 0.397 e. The molecule has 2 aliphatic rings. The number of amidine groups is 1. The van der Waals surface area contributed by atoms with E-state index in [-0.39, 0.29) is 22.7 Å². The number of nitrogens with zero attached hydrogens (tertiary/aromatic N) is 2. The number of hydrogen-bond donors (Lipinski definition) is 1. The molecule has 1 saturated carbocycles. The van der Waals surface area contributed by atoms with Crippen molar-refractivity contribution in [1.82, 2.24) is 4.98 Å². The number of aliphatic imine (C=N–C) groups is 1. The Labute approximate surface area is 178 Å². The van der Waals surface area contributed by atoms with Gasteiger partial charge < -0.3 is 10.5 Å². The fourth-order valence-corrected chi connectivity index (χ4v) is 4.14. The van der Waals surface area contributed by atoms with E-state index in [1.54, 1.807) is 0 Å². The fraction of sp³-hybridized carbons (Fsp3) is 0.400. The van der Waals surface area contributed by atoms with Crippen molar-refractivity contribution in [3.8, 4) is 0 Å². The fourth-order valence-electron chi connectivity index (χ4n) is 4.02. The third-order valence-corrected chi connectivity index (χ3v) is 5.83. The maximum atomic E-state index is 14.7. The minimum atomic E-state index is -4.68. The summed E-state index contributed by atoms with van der Waals surface area (Å²) in [6.45, 7) is 0. The van der Waals surface area contributed by atoms with Crippen LogP contribution in [0.1, 0.15) is 29.2 Å². The molecular weight excluding hydrogens is 448 g/mol. The summed E-state index contributed by atoms with van der Waals surface area (Å²) >= 11 is 5.70. The van der Waals surface area contributed by atoms with Gasteiger partial charge in [-0.25, -0.2) is 18.2 Å².